The zero-order valence-corrected chi connectivity index (χ0v) is 12.1. The van der Waals surface area contributed by atoms with Crippen LogP contribution in [-0.2, 0) is 11.2 Å². The Hall–Kier alpha value is -1.08. The molecule has 5 nitrogen and oxygen atoms in total. The van der Waals surface area contributed by atoms with Crippen LogP contribution in [0, 0.1) is 0 Å². The van der Waals surface area contributed by atoms with Crippen LogP contribution in [0.15, 0.2) is 30.3 Å². The van der Waals surface area contributed by atoms with E-state index in [1.807, 2.05) is 30.3 Å². The molecule has 1 aromatic carbocycles. The molecule has 4 N–H and O–H groups in total. The van der Waals surface area contributed by atoms with Gasteiger partial charge in [-0.05, 0) is 17.7 Å². The molecule has 0 spiro atoms. The molecular formula is C14H21NO4S. The van der Waals surface area contributed by atoms with E-state index in [1.165, 1.54) is 17.3 Å². The van der Waals surface area contributed by atoms with Gasteiger partial charge in [-0.25, -0.2) is 0 Å². The minimum atomic E-state index is -1.34. The van der Waals surface area contributed by atoms with E-state index in [9.17, 15) is 4.79 Å². The Morgan fingerprint density at radius 2 is 1.70 bits per heavy atom. The van der Waals surface area contributed by atoms with Gasteiger partial charge in [0, 0.05) is 0 Å². The van der Waals surface area contributed by atoms with E-state index in [0.717, 1.165) is 12.2 Å². The number of aliphatic hydroxyl groups is 3. The zero-order chi connectivity index (χ0) is 14.8. The van der Waals surface area contributed by atoms with Crippen molar-refractivity contribution in [2.75, 3.05) is 31.3 Å². The summed E-state index contributed by atoms with van der Waals surface area (Å²) in [5, 5.41) is 29.8. The Labute approximate surface area is 123 Å². The van der Waals surface area contributed by atoms with E-state index in [4.69, 9.17) is 15.3 Å². The molecule has 1 amide bonds. The molecule has 20 heavy (non-hydrogen) atoms. The summed E-state index contributed by atoms with van der Waals surface area (Å²) in [4.78, 5) is 11.7. The summed E-state index contributed by atoms with van der Waals surface area (Å²) in [7, 11) is 0. The highest BCUT2D eigenvalue weighted by Gasteiger charge is 2.29. The number of aryl methyl sites for hydroxylation is 1. The standard InChI is InChI=1S/C14H21NO4S/c16-9-14(10-17,11-18)15-13(19)8-20-7-6-12-4-2-1-3-5-12/h1-5,16-18H,6-11H2,(H,15,19). The maximum Gasteiger partial charge on any atom is 0.230 e. The molecule has 0 aromatic heterocycles. The largest absolute Gasteiger partial charge is 0.394 e. The van der Waals surface area contributed by atoms with Crippen molar-refractivity contribution < 1.29 is 20.1 Å². The molecule has 0 heterocycles. The summed E-state index contributed by atoms with van der Waals surface area (Å²) in [5.41, 5.74) is -0.118. The average Bonchev–Trinajstić information content (AvgIpc) is 2.50. The summed E-state index contributed by atoms with van der Waals surface area (Å²) < 4.78 is 0. The normalized spacial score (nSPS) is 11.3. The van der Waals surface area contributed by atoms with Crippen LogP contribution in [0.3, 0.4) is 0 Å². The van der Waals surface area contributed by atoms with Crippen LogP contribution in [0.4, 0.5) is 0 Å². The molecule has 6 heteroatoms. The lowest BCUT2D eigenvalue weighted by Gasteiger charge is -2.28. The number of thioether (sulfide) groups is 1. The van der Waals surface area contributed by atoms with Gasteiger partial charge in [-0.2, -0.15) is 11.8 Å². The molecule has 0 saturated heterocycles. The van der Waals surface area contributed by atoms with E-state index >= 15 is 0 Å². The Kier molecular flexibility index (Phi) is 7.61. The third-order valence-electron chi connectivity index (χ3n) is 2.92. The topological polar surface area (TPSA) is 89.8 Å². The van der Waals surface area contributed by atoms with Crippen molar-refractivity contribution >= 4 is 17.7 Å². The predicted molar refractivity (Wildman–Crippen MR) is 79.6 cm³/mol. The molecule has 0 aliphatic carbocycles. The summed E-state index contributed by atoms with van der Waals surface area (Å²) in [6.07, 6.45) is 0.879. The molecule has 0 fully saturated rings. The third kappa shape index (κ3) is 5.50. The number of hydrogen-bond donors (Lipinski definition) is 4. The number of carbonyl (C=O) groups is 1. The molecule has 0 radical (unpaired) electrons. The van der Waals surface area contributed by atoms with Crippen LogP contribution >= 0.6 is 11.8 Å². The first kappa shape index (κ1) is 17.0. The monoisotopic (exact) mass is 299 g/mol. The van der Waals surface area contributed by atoms with E-state index in [-0.39, 0.29) is 11.7 Å². The van der Waals surface area contributed by atoms with E-state index in [2.05, 4.69) is 5.32 Å². The van der Waals surface area contributed by atoms with E-state index < -0.39 is 25.4 Å². The smallest absolute Gasteiger partial charge is 0.230 e. The number of nitrogens with one attached hydrogen (secondary N) is 1. The minimum Gasteiger partial charge on any atom is -0.394 e. The highest BCUT2D eigenvalue weighted by atomic mass is 32.2. The van der Waals surface area contributed by atoms with Gasteiger partial charge in [0.2, 0.25) is 5.91 Å². The van der Waals surface area contributed by atoms with Crippen molar-refractivity contribution in [3.8, 4) is 0 Å². The van der Waals surface area contributed by atoms with Crippen LogP contribution in [0.2, 0.25) is 0 Å². The van der Waals surface area contributed by atoms with Gasteiger partial charge >= 0.3 is 0 Å². The van der Waals surface area contributed by atoms with Crippen molar-refractivity contribution in [3.05, 3.63) is 35.9 Å². The Morgan fingerprint density at radius 3 is 2.25 bits per heavy atom. The molecule has 0 unspecified atom stereocenters. The highest BCUT2D eigenvalue weighted by Crippen LogP contribution is 2.08. The molecule has 112 valence electrons. The zero-order valence-electron chi connectivity index (χ0n) is 11.3. The van der Waals surface area contributed by atoms with Gasteiger partial charge in [-0.15, -0.1) is 0 Å². The fourth-order valence-corrected chi connectivity index (χ4v) is 2.38. The summed E-state index contributed by atoms with van der Waals surface area (Å²) in [5.74, 6) is 0.733. The van der Waals surface area contributed by atoms with Crippen molar-refractivity contribution in [1.29, 1.82) is 0 Å². The molecule has 0 aliphatic rings. The quantitative estimate of drug-likeness (QED) is 0.474. The van der Waals surface area contributed by atoms with Crippen molar-refractivity contribution in [3.63, 3.8) is 0 Å². The number of benzene rings is 1. The molecule has 1 aromatic rings. The number of aliphatic hydroxyl groups excluding tert-OH is 3. The maximum atomic E-state index is 11.7. The van der Waals surface area contributed by atoms with Gasteiger partial charge in [0.05, 0.1) is 25.6 Å². The predicted octanol–water partition coefficient (Wildman–Crippen LogP) is -0.206. The van der Waals surface area contributed by atoms with E-state index in [0.29, 0.717) is 0 Å². The molecule has 0 aliphatic heterocycles. The van der Waals surface area contributed by atoms with Gasteiger partial charge in [0.15, 0.2) is 0 Å². The average molecular weight is 299 g/mol. The van der Waals surface area contributed by atoms with Gasteiger partial charge in [-0.3, -0.25) is 4.79 Å². The second-order valence-corrected chi connectivity index (χ2v) is 5.70. The molecule has 1 rings (SSSR count). The lowest BCUT2D eigenvalue weighted by molar-refractivity contribution is -0.122. The number of rotatable bonds is 9. The Morgan fingerprint density at radius 1 is 1.10 bits per heavy atom. The lowest BCUT2D eigenvalue weighted by Crippen LogP contribution is -2.57. The number of amides is 1. The molecule has 0 saturated carbocycles. The summed E-state index contributed by atoms with van der Waals surface area (Å²) in [6.45, 7) is -1.50. The maximum absolute atomic E-state index is 11.7. The van der Waals surface area contributed by atoms with Crippen LogP contribution in [-0.4, -0.2) is 58.1 Å². The van der Waals surface area contributed by atoms with Gasteiger partial charge < -0.3 is 20.6 Å². The Balaban J connectivity index is 2.26. The van der Waals surface area contributed by atoms with Gasteiger partial charge in [0.25, 0.3) is 0 Å². The number of carbonyl (C=O) groups excluding carboxylic acids is 1. The summed E-state index contributed by atoms with van der Waals surface area (Å²) in [6, 6.07) is 9.99. The second kappa shape index (κ2) is 8.97. The lowest BCUT2D eigenvalue weighted by atomic mass is 10.0. The van der Waals surface area contributed by atoms with Crippen molar-refractivity contribution in [2.45, 2.75) is 12.0 Å². The summed E-state index contributed by atoms with van der Waals surface area (Å²) >= 11 is 1.47. The second-order valence-electron chi connectivity index (χ2n) is 4.59. The van der Waals surface area contributed by atoms with Crippen LogP contribution in [0.5, 0.6) is 0 Å². The first-order chi connectivity index (χ1) is 9.65. The number of hydrogen-bond acceptors (Lipinski definition) is 5. The fourth-order valence-electron chi connectivity index (χ4n) is 1.60. The Bertz CT molecular complexity index is 387. The van der Waals surface area contributed by atoms with Gasteiger partial charge in [-0.1, -0.05) is 30.3 Å². The molecule has 0 atom stereocenters. The van der Waals surface area contributed by atoms with Crippen molar-refractivity contribution in [1.82, 2.24) is 5.32 Å². The minimum absolute atomic E-state index is 0.231. The first-order valence-electron chi connectivity index (χ1n) is 6.41. The highest BCUT2D eigenvalue weighted by molar-refractivity contribution is 7.99. The molecule has 0 bridgehead atoms. The first-order valence-corrected chi connectivity index (χ1v) is 7.56. The van der Waals surface area contributed by atoms with E-state index in [1.54, 1.807) is 0 Å². The van der Waals surface area contributed by atoms with Crippen LogP contribution < -0.4 is 5.32 Å². The van der Waals surface area contributed by atoms with Crippen molar-refractivity contribution in [2.24, 2.45) is 0 Å². The fraction of sp³-hybridized carbons (Fsp3) is 0.500. The third-order valence-corrected chi connectivity index (χ3v) is 3.88. The van der Waals surface area contributed by atoms with Crippen LogP contribution in [0.1, 0.15) is 5.56 Å². The van der Waals surface area contributed by atoms with Crippen LogP contribution in [0.25, 0.3) is 0 Å². The SMILES string of the molecule is O=C(CSCCc1ccccc1)NC(CO)(CO)CO. The molecular weight excluding hydrogens is 278 g/mol. The van der Waals surface area contributed by atoms with Gasteiger partial charge in [0.1, 0.15) is 5.54 Å².